The molecule has 0 fully saturated rings. The number of anilines is 1. The third-order valence-electron chi connectivity index (χ3n) is 2.61. The van der Waals surface area contributed by atoms with Gasteiger partial charge in [0.1, 0.15) is 5.75 Å². The maximum atomic E-state index is 13.7. The van der Waals surface area contributed by atoms with E-state index in [1.54, 1.807) is 24.3 Å². The molecule has 0 aliphatic heterocycles. The number of benzene rings is 2. The van der Waals surface area contributed by atoms with Gasteiger partial charge < -0.3 is 10.1 Å². The normalized spacial score (nSPS) is 10.2. The molecule has 0 unspecified atom stereocenters. The number of hydrogen-bond acceptors (Lipinski definition) is 2. The molecule has 0 spiro atoms. The van der Waals surface area contributed by atoms with E-state index in [1.807, 2.05) is 0 Å². The number of ether oxygens (including phenoxy) is 1. The van der Waals surface area contributed by atoms with Crippen molar-refractivity contribution in [3.8, 4) is 5.75 Å². The topological polar surface area (TPSA) is 38.3 Å². The Morgan fingerprint density at radius 2 is 2.10 bits per heavy atom. The van der Waals surface area contributed by atoms with Crippen LogP contribution < -0.4 is 10.1 Å². The van der Waals surface area contributed by atoms with Crippen LogP contribution in [-0.4, -0.2) is 13.0 Å². The molecule has 104 valence electrons. The first-order valence-corrected chi connectivity index (χ1v) is 6.79. The lowest BCUT2D eigenvalue weighted by Gasteiger charge is -2.09. The van der Waals surface area contributed by atoms with Gasteiger partial charge in [-0.3, -0.25) is 4.79 Å². The van der Waals surface area contributed by atoms with Crippen LogP contribution in [-0.2, 0) is 0 Å². The predicted molar refractivity (Wildman–Crippen MR) is 80.1 cm³/mol. The summed E-state index contributed by atoms with van der Waals surface area (Å²) in [6.45, 7) is 0. The minimum Gasteiger partial charge on any atom is -0.496 e. The fraction of sp³-hybridized carbons (Fsp3) is 0.0714. The molecule has 2 aromatic rings. The van der Waals surface area contributed by atoms with Crippen LogP contribution in [0.5, 0.6) is 5.75 Å². The molecule has 0 saturated heterocycles. The van der Waals surface area contributed by atoms with Crippen molar-refractivity contribution in [1.29, 1.82) is 0 Å². The quantitative estimate of drug-likeness (QED) is 0.877. The summed E-state index contributed by atoms with van der Waals surface area (Å²) in [6.07, 6.45) is 0. The van der Waals surface area contributed by atoms with E-state index in [0.717, 1.165) is 0 Å². The van der Waals surface area contributed by atoms with Crippen LogP contribution in [0.3, 0.4) is 0 Å². The van der Waals surface area contributed by atoms with Gasteiger partial charge in [-0.2, -0.15) is 0 Å². The Labute approximate surface area is 128 Å². The van der Waals surface area contributed by atoms with Crippen LogP contribution in [0.2, 0.25) is 5.02 Å². The second kappa shape index (κ2) is 6.24. The van der Waals surface area contributed by atoms with Crippen molar-refractivity contribution in [3.63, 3.8) is 0 Å². The zero-order valence-electron chi connectivity index (χ0n) is 10.4. The molecule has 0 bridgehead atoms. The van der Waals surface area contributed by atoms with E-state index in [-0.39, 0.29) is 10.7 Å². The summed E-state index contributed by atoms with van der Waals surface area (Å²) in [5.74, 6) is -0.486. The second-order valence-corrected chi connectivity index (χ2v) is 5.17. The molecule has 0 aliphatic rings. The van der Waals surface area contributed by atoms with Crippen molar-refractivity contribution < 1.29 is 13.9 Å². The number of halogens is 3. The first-order valence-electron chi connectivity index (χ1n) is 5.62. The first kappa shape index (κ1) is 14.8. The van der Waals surface area contributed by atoms with Crippen molar-refractivity contribution in [2.45, 2.75) is 0 Å². The fourth-order valence-electron chi connectivity index (χ4n) is 1.60. The summed E-state index contributed by atoms with van der Waals surface area (Å²) in [4.78, 5) is 12.0. The van der Waals surface area contributed by atoms with Crippen LogP contribution in [0.4, 0.5) is 10.1 Å². The number of amides is 1. The standard InChI is InChI=1S/C14H10BrClFNO2/c1-20-12-6-5-8(7-9(12)15)14(19)18-11-4-2-3-10(16)13(11)17/h2-7H,1H3,(H,18,19). The van der Waals surface area contributed by atoms with E-state index in [2.05, 4.69) is 21.2 Å². The van der Waals surface area contributed by atoms with E-state index in [4.69, 9.17) is 16.3 Å². The highest BCUT2D eigenvalue weighted by Crippen LogP contribution is 2.27. The summed E-state index contributed by atoms with van der Waals surface area (Å²) in [7, 11) is 1.53. The van der Waals surface area contributed by atoms with Crippen molar-refractivity contribution in [3.05, 3.63) is 57.3 Å². The van der Waals surface area contributed by atoms with Gasteiger partial charge in [-0.25, -0.2) is 4.39 Å². The van der Waals surface area contributed by atoms with Crippen LogP contribution >= 0.6 is 27.5 Å². The van der Waals surface area contributed by atoms with Gasteiger partial charge in [-0.05, 0) is 46.3 Å². The monoisotopic (exact) mass is 357 g/mol. The smallest absolute Gasteiger partial charge is 0.255 e. The number of hydrogen-bond donors (Lipinski definition) is 1. The molecule has 6 heteroatoms. The molecule has 0 atom stereocenters. The highest BCUT2D eigenvalue weighted by molar-refractivity contribution is 9.10. The molecule has 2 rings (SSSR count). The van der Waals surface area contributed by atoms with Crippen LogP contribution in [0, 0.1) is 5.82 Å². The third kappa shape index (κ3) is 3.11. The molecule has 20 heavy (non-hydrogen) atoms. The summed E-state index contributed by atoms with van der Waals surface area (Å²) >= 11 is 8.94. The highest BCUT2D eigenvalue weighted by atomic mass is 79.9. The van der Waals surface area contributed by atoms with Crippen LogP contribution in [0.1, 0.15) is 10.4 Å². The van der Waals surface area contributed by atoms with Gasteiger partial charge in [-0.1, -0.05) is 17.7 Å². The minimum atomic E-state index is -0.657. The van der Waals surface area contributed by atoms with Crippen molar-refractivity contribution in [2.75, 3.05) is 12.4 Å². The Balaban J connectivity index is 2.24. The summed E-state index contributed by atoms with van der Waals surface area (Å²) < 4.78 is 19.4. The van der Waals surface area contributed by atoms with E-state index >= 15 is 0 Å². The van der Waals surface area contributed by atoms with Crippen molar-refractivity contribution >= 4 is 39.1 Å². The van der Waals surface area contributed by atoms with E-state index < -0.39 is 11.7 Å². The Hall–Kier alpha value is -1.59. The maximum Gasteiger partial charge on any atom is 0.255 e. The van der Waals surface area contributed by atoms with Gasteiger partial charge in [0.05, 0.1) is 22.3 Å². The van der Waals surface area contributed by atoms with E-state index in [9.17, 15) is 9.18 Å². The number of methoxy groups -OCH3 is 1. The van der Waals surface area contributed by atoms with Crippen molar-refractivity contribution in [2.24, 2.45) is 0 Å². The highest BCUT2D eigenvalue weighted by Gasteiger charge is 2.12. The van der Waals surface area contributed by atoms with Gasteiger partial charge >= 0.3 is 0 Å². The molecule has 1 amide bonds. The second-order valence-electron chi connectivity index (χ2n) is 3.90. The van der Waals surface area contributed by atoms with Crippen LogP contribution in [0.25, 0.3) is 0 Å². The van der Waals surface area contributed by atoms with Gasteiger partial charge in [0.2, 0.25) is 0 Å². The summed E-state index contributed by atoms with van der Waals surface area (Å²) in [5, 5.41) is 2.43. The summed E-state index contributed by atoms with van der Waals surface area (Å²) in [6, 6.07) is 9.24. The summed E-state index contributed by atoms with van der Waals surface area (Å²) in [5.41, 5.74) is 0.409. The number of rotatable bonds is 3. The largest absolute Gasteiger partial charge is 0.496 e. The Bertz CT molecular complexity index is 664. The predicted octanol–water partition coefficient (Wildman–Crippen LogP) is 4.50. The van der Waals surface area contributed by atoms with Crippen LogP contribution in [0.15, 0.2) is 40.9 Å². The average Bonchev–Trinajstić information content (AvgIpc) is 2.43. The number of carbonyl (C=O) groups is 1. The SMILES string of the molecule is COc1ccc(C(=O)Nc2cccc(Cl)c2F)cc1Br. The Morgan fingerprint density at radius 3 is 2.75 bits per heavy atom. The molecule has 0 radical (unpaired) electrons. The molecule has 1 N–H and O–H groups in total. The fourth-order valence-corrected chi connectivity index (χ4v) is 2.32. The average molecular weight is 359 g/mol. The van der Waals surface area contributed by atoms with Gasteiger partial charge in [0, 0.05) is 5.56 Å². The lowest BCUT2D eigenvalue weighted by molar-refractivity contribution is 0.102. The zero-order chi connectivity index (χ0) is 14.7. The first-order chi connectivity index (χ1) is 9.52. The lowest BCUT2D eigenvalue weighted by Crippen LogP contribution is -2.13. The zero-order valence-corrected chi connectivity index (χ0v) is 12.8. The molecule has 0 saturated carbocycles. The van der Waals surface area contributed by atoms with Gasteiger partial charge in [0.15, 0.2) is 5.82 Å². The number of nitrogens with one attached hydrogen (secondary N) is 1. The number of carbonyl (C=O) groups excluding carboxylic acids is 1. The van der Waals surface area contributed by atoms with Crippen molar-refractivity contribution in [1.82, 2.24) is 0 Å². The molecule has 0 aromatic heterocycles. The maximum absolute atomic E-state index is 13.7. The lowest BCUT2D eigenvalue weighted by atomic mass is 10.2. The molecule has 3 nitrogen and oxygen atoms in total. The Morgan fingerprint density at radius 1 is 1.35 bits per heavy atom. The molecule has 0 heterocycles. The minimum absolute atomic E-state index is 0.0365. The molecule has 2 aromatic carbocycles. The van der Waals surface area contributed by atoms with Gasteiger partial charge in [-0.15, -0.1) is 0 Å². The van der Waals surface area contributed by atoms with E-state index in [0.29, 0.717) is 15.8 Å². The molecule has 0 aliphatic carbocycles. The van der Waals surface area contributed by atoms with Gasteiger partial charge in [0.25, 0.3) is 5.91 Å². The van der Waals surface area contributed by atoms with E-state index in [1.165, 1.54) is 19.2 Å². The Kier molecular flexibility index (Phi) is 4.62. The third-order valence-corrected chi connectivity index (χ3v) is 3.53. The molecular formula is C14H10BrClFNO2. The molecular weight excluding hydrogens is 349 g/mol.